The van der Waals surface area contributed by atoms with E-state index in [2.05, 4.69) is 0 Å². The van der Waals surface area contributed by atoms with E-state index >= 15 is 0 Å². The number of para-hydroxylation sites is 1. The summed E-state index contributed by atoms with van der Waals surface area (Å²) in [6.07, 6.45) is 2.85. The number of rotatable bonds is 6. The number of carbonyl (C=O) groups is 1. The normalized spacial score (nSPS) is 10.5. The zero-order valence-corrected chi connectivity index (χ0v) is 12.5. The van der Waals surface area contributed by atoms with Crippen molar-refractivity contribution in [2.24, 2.45) is 0 Å². The van der Waals surface area contributed by atoms with E-state index in [0.717, 1.165) is 5.56 Å². The molecule has 0 N–H and O–H groups in total. The van der Waals surface area contributed by atoms with Crippen molar-refractivity contribution in [3.05, 3.63) is 75.8 Å². The highest BCUT2D eigenvalue weighted by molar-refractivity contribution is 5.87. The van der Waals surface area contributed by atoms with Crippen LogP contribution in [0.4, 0.5) is 5.69 Å². The van der Waals surface area contributed by atoms with Gasteiger partial charge in [0.15, 0.2) is 0 Å². The topological polar surface area (TPSA) is 78.7 Å². The highest BCUT2D eigenvalue weighted by Crippen LogP contribution is 2.18. The number of hydrogen-bond donors (Lipinski definition) is 0. The fraction of sp³-hybridized carbons (Fsp3) is 0.118. The Hall–Kier alpha value is -3.15. The van der Waals surface area contributed by atoms with Crippen molar-refractivity contribution >= 4 is 17.7 Å². The van der Waals surface area contributed by atoms with Gasteiger partial charge in [-0.15, -0.1) is 0 Å². The number of esters is 1. The molecule has 6 heteroatoms. The molecule has 0 fully saturated rings. The van der Waals surface area contributed by atoms with Gasteiger partial charge in [-0.25, -0.2) is 4.79 Å². The fourth-order valence-corrected chi connectivity index (χ4v) is 1.92. The minimum Gasteiger partial charge on any atom is -0.497 e. The Labute approximate surface area is 133 Å². The van der Waals surface area contributed by atoms with Crippen molar-refractivity contribution < 1.29 is 19.2 Å². The molecule has 2 aromatic carbocycles. The number of carbonyl (C=O) groups excluding carboxylic acids is 1. The van der Waals surface area contributed by atoms with Crippen LogP contribution in [0.5, 0.6) is 5.75 Å². The number of benzene rings is 2. The number of methoxy groups -OCH3 is 1. The lowest BCUT2D eigenvalue weighted by Gasteiger charge is -2.03. The van der Waals surface area contributed by atoms with Crippen molar-refractivity contribution in [2.75, 3.05) is 7.11 Å². The molecular weight excluding hydrogens is 298 g/mol. The van der Waals surface area contributed by atoms with Gasteiger partial charge >= 0.3 is 5.97 Å². The second-order valence-electron chi connectivity index (χ2n) is 4.60. The van der Waals surface area contributed by atoms with E-state index in [1.54, 1.807) is 49.6 Å². The summed E-state index contributed by atoms with van der Waals surface area (Å²) in [4.78, 5) is 22.1. The lowest BCUT2D eigenvalue weighted by atomic mass is 10.2. The number of nitro groups is 1. The molecule has 0 aliphatic rings. The molecule has 6 nitrogen and oxygen atoms in total. The summed E-state index contributed by atoms with van der Waals surface area (Å²) >= 11 is 0. The van der Waals surface area contributed by atoms with Gasteiger partial charge in [0.25, 0.3) is 5.69 Å². The Morgan fingerprint density at radius 1 is 1.22 bits per heavy atom. The van der Waals surface area contributed by atoms with Gasteiger partial charge in [0.2, 0.25) is 0 Å². The summed E-state index contributed by atoms with van der Waals surface area (Å²) in [7, 11) is 1.56. The Bertz CT molecular complexity index is 739. The smallest absolute Gasteiger partial charge is 0.331 e. The van der Waals surface area contributed by atoms with Gasteiger partial charge in [-0.1, -0.05) is 24.3 Å². The maximum absolute atomic E-state index is 11.7. The van der Waals surface area contributed by atoms with Crippen LogP contribution in [0, 0.1) is 10.1 Å². The summed E-state index contributed by atoms with van der Waals surface area (Å²) in [5, 5.41) is 10.9. The van der Waals surface area contributed by atoms with E-state index < -0.39 is 10.9 Å². The van der Waals surface area contributed by atoms with Crippen LogP contribution in [0.2, 0.25) is 0 Å². The van der Waals surface area contributed by atoms with Gasteiger partial charge in [-0.3, -0.25) is 10.1 Å². The molecule has 23 heavy (non-hydrogen) atoms. The Balaban J connectivity index is 1.97. The van der Waals surface area contributed by atoms with E-state index in [1.165, 1.54) is 12.1 Å². The van der Waals surface area contributed by atoms with E-state index in [-0.39, 0.29) is 12.3 Å². The van der Waals surface area contributed by atoms with Gasteiger partial charge < -0.3 is 9.47 Å². The molecule has 2 rings (SSSR count). The number of ether oxygens (including phenoxy) is 2. The Morgan fingerprint density at radius 3 is 2.74 bits per heavy atom. The monoisotopic (exact) mass is 313 g/mol. The highest BCUT2D eigenvalue weighted by atomic mass is 16.6. The van der Waals surface area contributed by atoms with Crippen molar-refractivity contribution in [3.63, 3.8) is 0 Å². The van der Waals surface area contributed by atoms with Crippen LogP contribution in [0.1, 0.15) is 11.1 Å². The molecule has 0 aliphatic heterocycles. The van der Waals surface area contributed by atoms with E-state index in [1.807, 2.05) is 6.07 Å². The van der Waals surface area contributed by atoms with Crippen molar-refractivity contribution in [1.82, 2.24) is 0 Å². The standard InChI is InChI=1S/C17H15NO5/c1-22-15-7-4-5-13(11-15)9-10-17(19)23-12-14-6-2-3-8-16(14)18(20)21/h2-11H,12H2,1H3/b10-9+. The molecule has 0 unspecified atom stereocenters. The third-order valence-corrected chi connectivity index (χ3v) is 3.06. The minimum atomic E-state index is -0.578. The lowest BCUT2D eigenvalue weighted by Crippen LogP contribution is -2.03. The molecule has 0 atom stereocenters. The van der Waals surface area contributed by atoms with Crippen LogP contribution in [0.15, 0.2) is 54.6 Å². The largest absolute Gasteiger partial charge is 0.497 e. The molecule has 0 radical (unpaired) electrons. The molecule has 0 saturated carbocycles. The molecular formula is C17H15NO5. The fourth-order valence-electron chi connectivity index (χ4n) is 1.92. The summed E-state index contributed by atoms with van der Waals surface area (Å²) in [5.74, 6) is 0.103. The minimum absolute atomic E-state index is 0.0722. The zero-order valence-electron chi connectivity index (χ0n) is 12.5. The van der Waals surface area contributed by atoms with Crippen LogP contribution < -0.4 is 4.74 Å². The van der Waals surface area contributed by atoms with Gasteiger partial charge in [0.05, 0.1) is 17.6 Å². The van der Waals surface area contributed by atoms with Crippen molar-refractivity contribution in [1.29, 1.82) is 0 Å². The maximum atomic E-state index is 11.7. The second kappa shape index (κ2) is 7.74. The molecule has 118 valence electrons. The van der Waals surface area contributed by atoms with Crippen LogP contribution in [0.3, 0.4) is 0 Å². The predicted molar refractivity (Wildman–Crippen MR) is 84.9 cm³/mol. The first-order valence-electron chi connectivity index (χ1n) is 6.81. The molecule has 0 aromatic heterocycles. The van der Waals surface area contributed by atoms with Gasteiger partial charge in [0, 0.05) is 12.1 Å². The predicted octanol–water partition coefficient (Wildman–Crippen LogP) is 3.36. The molecule has 0 amide bonds. The number of hydrogen-bond acceptors (Lipinski definition) is 5. The van der Waals surface area contributed by atoms with Crippen LogP contribution in [-0.2, 0) is 16.1 Å². The van der Waals surface area contributed by atoms with Crippen LogP contribution >= 0.6 is 0 Å². The Kier molecular flexibility index (Phi) is 5.46. The molecule has 0 spiro atoms. The van der Waals surface area contributed by atoms with Gasteiger partial charge in [-0.2, -0.15) is 0 Å². The van der Waals surface area contributed by atoms with Gasteiger partial charge in [-0.05, 0) is 29.8 Å². The quantitative estimate of drug-likeness (QED) is 0.353. The summed E-state index contributed by atoms with van der Waals surface area (Å²) in [5.41, 5.74) is 1.06. The first-order chi connectivity index (χ1) is 11.1. The zero-order chi connectivity index (χ0) is 16.7. The third kappa shape index (κ3) is 4.67. The highest BCUT2D eigenvalue weighted by Gasteiger charge is 2.13. The van der Waals surface area contributed by atoms with Crippen LogP contribution in [-0.4, -0.2) is 18.0 Å². The molecule has 0 aliphatic carbocycles. The second-order valence-corrected chi connectivity index (χ2v) is 4.60. The third-order valence-electron chi connectivity index (χ3n) is 3.06. The SMILES string of the molecule is COc1cccc(/C=C/C(=O)OCc2ccccc2[N+](=O)[O-])c1. The molecule has 0 saturated heterocycles. The summed E-state index contributed by atoms with van der Waals surface area (Å²) in [6, 6.07) is 13.3. The molecule has 0 bridgehead atoms. The molecule has 0 heterocycles. The maximum Gasteiger partial charge on any atom is 0.331 e. The number of nitrogens with zero attached hydrogens (tertiary/aromatic N) is 1. The summed E-state index contributed by atoms with van der Waals surface area (Å²) < 4.78 is 10.1. The average Bonchev–Trinajstić information content (AvgIpc) is 2.58. The average molecular weight is 313 g/mol. The Morgan fingerprint density at radius 2 is 2.00 bits per heavy atom. The lowest BCUT2D eigenvalue weighted by molar-refractivity contribution is -0.385. The van der Waals surface area contributed by atoms with E-state index in [9.17, 15) is 14.9 Å². The van der Waals surface area contributed by atoms with Crippen molar-refractivity contribution in [3.8, 4) is 5.75 Å². The van der Waals surface area contributed by atoms with Crippen molar-refractivity contribution in [2.45, 2.75) is 6.61 Å². The molecule has 2 aromatic rings. The van der Waals surface area contributed by atoms with E-state index in [0.29, 0.717) is 11.3 Å². The van der Waals surface area contributed by atoms with Crippen LogP contribution in [0.25, 0.3) is 6.08 Å². The first kappa shape index (κ1) is 16.2. The number of nitro benzene ring substituents is 1. The van der Waals surface area contributed by atoms with Gasteiger partial charge in [0.1, 0.15) is 12.4 Å². The first-order valence-corrected chi connectivity index (χ1v) is 6.81. The van der Waals surface area contributed by atoms with E-state index in [4.69, 9.17) is 9.47 Å². The summed E-state index contributed by atoms with van der Waals surface area (Å²) in [6.45, 7) is -0.154.